The molecule has 0 saturated heterocycles. The van der Waals surface area contributed by atoms with E-state index in [1.165, 1.54) is 5.56 Å². The second kappa shape index (κ2) is 9.17. The largest absolute Gasteiger partial charge is 0.364 e. The van der Waals surface area contributed by atoms with Gasteiger partial charge in [-0.3, -0.25) is 4.98 Å². The molecule has 0 fully saturated rings. The predicted octanol–water partition coefficient (Wildman–Crippen LogP) is 4.66. The van der Waals surface area contributed by atoms with Crippen molar-refractivity contribution in [1.29, 1.82) is 0 Å². The summed E-state index contributed by atoms with van der Waals surface area (Å²) in [6.45, 7) is 1.25. The Balaban J connectivity index is 1.48. The van der Waals surface area contributed by atoms with Gasteiger partial charge in [-0.05, 0) is 29.8 Å². The van der Waals surface area contributed by atoms with Crippen LogP contribution in [0.1, 0.15) is 11.3 Å². The van der Waals surface area contributed by atoms with E-state index in [4.69, 9.17) is 4.98 Å². The van der Waals surface area contributed by atoms with Crippen LogP contribution in [0.2, 0.25) is 0 Å². The standard InChI is InChI=1S/C27H25N3O2S/c31-33(32,24-14-8-3-9-15-24)29-23-18-26-27(30(20-23)19-21-10-4-1-5-11-21)17-16-25(28-26)22-12-6-2-7-13-22/h1-17,23,29H,18-20H2/t23-/m0/s1. The number of anilines is 1. The average Bonchev–Trinajstić information content (AvgIpc) is 2.85. The fraction of sp³-hybridized carbons (Fsp3) is 0.148. The van der Waals surface area contributed by atoms with E-state index < -0.39 is 10.0 Å². The minimum absolute atomic E-state index is 0.274. The van der Waals surface area contributed by atoms with Crippen LogP contribution in [0, 0.1) is 0 Å². The summed E-state index contributed by atoms with van der Waals surface area (Å²) < 4.78 is 28.9. The Hall–Kier alpha value is -3.48. The molecule has 0 aliphatic carbocycles. The molecule has 3 aromatic carbocycles. The monoisotopic (exact) mass is 455 g/mol. The number of fused-ring (bicyclic) bond motifs is 1. The van der Waals surface area contributed by atoms with Gasteiger partial charge in [0.25, 0.3) is 0 Å². The molecule has 2 heterocycles. The van der Waals surface area contributed by atoms with Gasteiger partial charge in [0.1, 0.15) is 0 Å². The second-order valence-electron chi connectivity index (χ2n) is 8.23. The maximum absolute atomic E-state index is 13.0. The van der Waals surface area contributed by atoms with Crippen LogP contribution in [0.15, 0.2) is 108 Å². The van der Waals surface area contributed by atoms with Crippen molar-refractivity contribution < 1.29 is 8.42 Å². The van der Waals surface area contributed by atoms with Crippen LogP contribution in [0.5, 0.6) is 0 Å². The number of benzene rings is 3. The van der Waals surface area contributed by atoms with Crippen LogP contribution in [0.3, 0.4) is 0 Å². The Morgan fingerprint density at radius 2 is 1.45 bits per heavy atom. The van der Waals surface area contributed by atoms with Crippen molar-refractivity contribution in [3.63, 3.8) is 0 Å². The molecule has 1 N–H and O–H groups in total. The quantitative estimate of drug-likeness (QED) is 0.459. The third kappa shape index (κ3) is 4.82. The molecule has 1 aromatic heterocycles. The molecule has 5 rings (SSSR count). The zero-order valence-corrected chi connectivity index (χ0v) is 18.9. The minimum atomic E-state index is -3.63. The minimum Gasteiger partial charge on any atom is -0.364 e. The summed E-state index contributed by atoms with van der Waals surface area (Å²) in [6, 6.07) is 32.6. The van der Waals surface area contributed by atoms with Gasteiger partial charge in [-0.15, -0.1) is 0 Å². The highest BCUT2D eigenvalue weighted by atomic mass is 32.2. The van der Waals surface area contributed by atoms with Crippen LogP contribution in [-0.2, 0) is 23.0 Å². The second-order valence-corrected chi connectivity index (χ2v) is 9.94. The number of aromatic nitrogens is 1. The van der Waals surface area contributed by atoms with Crippen LogP contribution in [0.4, 0.5) is 5.69 Å². The zero-order chi connectivity index (χ0) is 22.7. The topological polar surface area (TPSA) is 62.3 Å². The number of nitrogens with zero attached hydrogens (tertiary/aromatic N) is 2. The van der Waals surface area contributed by atoms with Crippen LogP contribution in [-0.4, -0.2) is 26.0 Å². The molecule has 0 bridgehead atoms. The molecule has 6 heteroatoms. The fourth-order valence-corrected chi connectivity index (χ4v) is 5.53. The first-order valence-electron chi connectivity index (χ1n) is 11.0. The summed E-state index contributed by atoms with van der Waals surface area (Å²) >= 11 is 0. The lowest BCUT2D eigenvalue weighted by molar-refractivity contribution is 0.520. The summed E-state index contributed by atoms with van der Waals surface area (Å²) in [5.74, 6) is 0. The van der Waals surface area contributed by atoms with Gasteiger partial charge >= 0.3 is 0 Å². The van der Waals surface area contributed by atoms with E-state index in [1.54, 1.807) is 24.3 Å². The number of hydrogen-bond donors (Lipinski definition) is 1. The van der Waals surface area contributed by atoms with E-state index in [0.717, 1.165) is 22.6 Å². The first kappa shape index (κ1) is 21.4. The smallest absolute Gasteiger partial charge is 0.240 e. The number of hydrogen-bond acceptors (Lipinski definition) is 4. The summed E-state index contributed by atoms with van der Waals surface area (Å²) in [5, 5.41) is 0. The van der Waals surface area contributed by atoms with Gasteiger partial charge in [-0.1, -0.05) is 78.9 Å². The molecule has 0 unspecified atom stereocenters. The maximum Gasteiger partial charge on any atom is 0.240 e. The number of sulfonamides is 1. The number of rotatable bonds is 6. The summed E-state index contributed by atoms with van der Waals surface area (Å²) in [5.41, 5.74) is 5.05. The van der Waals surface area contributed by atoms with Gasteiger partial charge in [-0.2, -0.15) is 0 Å². The zero-order valence-electron chi connectivity index (χ0n) is 18.1. The van der Waals surface area contributed by atoms with E-state index in [9.17, 15) is 8.42 Å². The molecule has 0 spiro atoms. The normalized spacial score (nSPS) is 15.8. The van der Waals surface area contributed by atoms with Crippen LogP contribution < -0.4 is 9.62 Å². The lowest BCUT2D eigenvalue weighted by Crippen LogP contribution is -2.48. The van der Waals surface area contributed by atoms with Crippen LogP contribution >= 0.6 is 0 Å². The molecule has 0 saturated carbocycles. The number of pyridine rings is 1. The number of nitrogens with one attached hydrogen (secondary N) is 1. The first-order valence-corrected chi connectivity index (χ1v) is 12.5. The predicted molar refractivity (Wildman–Crippen MR) is 131 cm³/mol. The van der Waals surface area contributed by atoms with Crippen molar-refractivity contribution in [2.24, 2.45) is 0 Å². The molecule has 33 heavy (non-hydrogen) atoms. The van der Waals surface area contributed by atoms with Gasteiger partial charge in [-0.25, -0.2) is 13.1 Å². The summed E-state index contributed by atoms with van der Waals surface area (Å²) in [4.78, 5) is 7.44. The lowest BCUT2D eigenvalue weighted by Gasteiger charge is -2.36. The molecular weight excluding hydrogens is 430 g/mol. The first-order chi connectivity index (χ1) is 16.1. The maximum atomic E-state index is 13.0. The molecule has 1 atom stereocenters. The van der Waals surface area contributed by atoms with Crippen molar-refractivity contribution >= 4 is 15.7 Å². The Morgan fingerprint density at radius 1 is 0.818 bits per heavy atom. The van der Waals surface area contributed by atoms with Gasteiger partial charge in [0.2, 0.25) is 10.0 Å². The Labute approximate surface area is 194 Å². The molecule has 5 nitrogen and oxygen atoms in total. The summed E-state index contributed by atoms with van der Waals surface area (Å²) in [6.07, 6.45) is 0.535. The highest BCUT2D eigenvalue weighted by Gasteiger charge is 2.29. The van der Waals surface area contributed by atoms with Crippen molar-refractivity contribution in [1.82, 2.24) is 9.71 Å². The average molecular weight is 456 g/mol. The van der Waals surface area contributed by atoms with E-state index in [0.29, 0.717) is 19.5 Å². The van der Waals surface area contributed by atoms with E-state index in [1.807, 2.05) is 60.7 Å². The van der Waals surface area contributed by atoms with Gasteiger partial charge < -0.3 is 4.90 Å². The van der Waals surface area contributed by atoms with Crippen molar-refractivity contribution in [2.75, 3.05) is 11.4 Å². The van der Waals surface area contributed by atoms with E-state index in [2.05, 4.69) is 27.8 Å². The molecule has 166 valence electrons. The van der Waals surface area contributed by atoms with Crippen LogP contribution in [0.25, 0.3) is 11.3 Å². The van der Waals surface area contributed by atoms with Crippen molar-refractivity contribution in [3.05, 3.63) is 114 Å². The molecule has 1 aliphatic rings. The highest BCUT2D eigenvalue weighted by Crippen LogP contribution is 2.30. The fourth-order valence-electron chi connectivity index (χ4n) is 4.28. The molecular formula is C27H25N3O2S. The van der Waals surface area contributed by atoms with Crippen molar-refractivity contribution in [3.8, 4) is 11.3 Å². The lowest BCUT2D eigenvalue weighted by atomic mass is 10.0. The third-order valence-corrected chi connectivity index (χ3v) is 7.37. The summed E-state index contributed by atoms with van der Waals surface area (Å²) in [7, 11) is -3.63. The SMILES string of the molecule is O=S(=O)(N[C@H]1Cc2nc(-c3ccccc3)ccc2N(Cc2ccccc2)C1)c1ccccc1. The highest BCUT2D eigenvalue weighted by molar-refractivity contribution is 7.89. The van der Waals surface area contributed by atoms with Crippen molar-refractivity contribution in [2.45, 2.75) is 23.9 Å². The molecule has 4 aromatic rings. The van der Waals surface area contributed by atoms with Gasteiger partial charge in [0.15, 0.2) is 0 Å². The van der Waals surface area contributed by atoms with E-state index in [-0.39, 0.29) is 10.9 Å². The third-order valence-electron chi connectivity index (χ3n) is 5.83. The Kier molecular flexibility index (Phi) is 5.94. The molecule has 0 amide bonds. The Bertz CT molecular complexity index is 1330. The Morgan fingerprint density at radius 3 is 2.15 bits per heavy atom. The molecule has 0 radical (unpaired) electrons. The van der Waals surface area contributed by atoms with Gasteiger partial charge in [0, 0.05) is 31.1 Å². The molecule has 1 aliphatic heterocycles. The van der Waals surface area contributed by atoms with E-state index >= 15 is 0 Å². The van der Waals surface area contributed by atoms with Gasteiger partial charge in [0.05, 0.1) is 22.0 Å².